The summed E-state index contributed by atoms with van der Waals surface area (Å²) in [6.45, 7) is 2.11. The third-order valence-corrected chi connectivity index (χ3v) is 3.58. The minimum atomic E-state index is -0.908. The standard InChI is InChI=1S/C18H30O4/c1-2-3-8-11-16(19)14-15-17(20)12-9-6-4-5-7-10-13-18(21)22/h10,13H,2-9,11-12,14-15H2,1H3,(H,21,22). The molecule has 0 aromatic heterocycles. The summed E-state index contributed by atoms with van der Waals surface area (Å²) in [5, 5.41) is 8.42. The van der Waals surface area contributed by atoms with Crippen molar-refractivity contribution in [3.63, 3.8) is 0 Å². The van der Waals surface area contributed by atoms with Crippen LogP contribution in [0.25, 0.3) is 0 Å². The Bertz CT molecular complexity index is 358. The SMILES string of the molecule is CCCCCC(=O)CCC(=O)CCCCCCC=CC(=O)O. The molecule has 0 rings (SSSR count). The van der Waals surface area contributed by atoms with E-state index in [0.717, 1.165) is 51.4 Å². The minimum Gasteiger partial charge on any atom is -0.478 e. The number of ketones is 2. The van der Waals surface area contributed by atoms with E-state index in [0.29, 0.717) is 25.7 Å². The van der Waals surface area contributed by atoms with Crippen LogP contribution < -0.4 is 0 Å². The van der Waals surface area contributed by atoms with Crippen molar-refractivity contribution in [1.82, 2.24) is 0 Å². The average molecular weight is 310 g/mol. The lowest BCUT2D eigenvalue weighted by Gasteiger charge is -2.02. The molecule has 0 saturated carbocycles. The fraction of sp³-hybridized carbons (Fsp3) is 0.722. The van der Waals surface area contributed by atoms with E-state index in [1.807, 2.05) is 0 Å². The molecule has 0 heterocycles. The van der Waals surface area contributed by atoms with Gasteiger partial charge in [0.2, 0.25) is 0 Å². The molecule has 126 valence electrons. The van der Waals surface area contributed by atoms with Gasteiger partial charge in [-0.05, 0) is 25.7 Å². The van der Waals surface area contributed by atoms with Gasteiger partial charge >= 0.3 is 5.97 Å². The fourth-order valence-electron chi connectivity index (χ4n) is 2.22. The van der Waals surface area contributed by atoms with Crippen LogP contribution in [0.3, 0.4) is 0 Å². The molecule has 0 bridgehead atoms. The van der Waals surface area contributed by atoms with Crippen LogP contribution in [0.5, 0.6) is 0 Å². The van der Waals surface area contributed by atoms with Crippen LogP contribution in [0.2, 0.25) is 0 Å². The lowest BCUT2D eigenvalue weighted by molar-refractivity contribution is -0.131. The number of carbonyl (C=O) groups excluding carboxylic acids is 2. The zero-order chi connectivity index (χ0) is 16.6. The summed E-state index contributed by atoms with van der Waals surface area (Å²) in [5.74, 6) is -0.503. The molecule has 4 heteroatoms. The molecule has 0 aliphatic heterocycles. The quantitative estimate of drug-likeness (QED) is 0.358. The normalized spacial score (nSPS) is 11.0. The number of carbonyl (C=O) groups is 3. The van der Waals surface area contributed by atoms with E-state index in [4.69, 9.17) is 5.11 Å². The lowest BCUT2D eigenvalue weighted by atomic mass is 10.0. The van der Waals surface area contributed by atoms with Crippen LogP contribution in [0.1, 0.15) is 84.0 Å². The highest BCUT2D eigenvalue weighted by molar-refractivity contribution is 5.85. The van der Waals surface area contributed by atoms with Crippen molar-refractivity contribution in [3.8, 4) is 0 Å². The highest BCUT2D eigenvalue weighted by Gasteiger charge is 2.06. The molecular formula is C18H30O4. The molecule has 0 amide bonds. The maximum atomic E-state index is 11.7. The van der Waals surface area contributed by atoms with Gasteiger partial charge in [0, 0.05) is 31.8 Å². The molecule has 0 unspecified atom stereocenters. The van der Waals surface area contributed by atoms with Crippen molar-refractivity contribution in [2.24, 2.45) is 0 Å². The number of carboxylic acids is 1. The molecule has 22 heavy (non-hydrogen) atoms. The van der Waals surface area contributed by atoms with Gasteiger partial charge < -0.3 is 5.11 Å². The summed E-state index contributed by atoms with van der Waals surface area (Å²) >= 11 is 0. The van der Waals surface area contributed by atoms with Crippen molar-refractivity contribution in [2.75, 3.05) is 0 Å². The van der Waals surface area contributed by atoms with Gasteiger partial charge in [0.15, 0.2) is 0 Å². The highest BCUT2D eigenvalue weighted by atomic mass is 16.4. The summed E-state index contributed by atoms with van der Waals surface area (Å²) in [4.78, 5) is 33.4. The Hall–Kier alpha value is -1.45. The van der Waals surface area contributed by atoms with Crippen molar-refractivity contribution in [3.05, 3.63) is 12.2 Å². The van der Waals surface area contributed by atoms with Gasteiger partial charge in [-0.1, -0.05) is 38.7 Å². The van der Waals surface area contributed by atoms with Gasteiger partial charge in [0.1, 0.15) is 11.6 Å². The van der Waals surface area contributed by atoms with Crippen molar-refractivity contribution in [2.45, 2.75) is 84.0 Å². The monoisotopic (exact) mass is 310 g/mol. The summed E-state index contributed by atoms with van der Waals surface area (Å²) in [7, 11) is 0. The van der Waals surface area contributed by atoms with Gasteiger partial charge in [0.25, 0.3) is 0 Å². The second kappa shape index (κ2) is 14.5. The molecule has 0 aromatic rings. The van der Waals surface area contributed by atoms with E-state index in [1.165, 1.54) is 6.08 Å². The van der Waals surface area contributed by atoms with E-state index in [1.54, 1.807) is 6.08 Å². The molecular weight excluding hydrogens is 280 g/mol. The lowest BCUT2D eigenvalue weighted by Crippen LogP contribution is -2.04. The predicted octanol–water partition coefficient (Wildman–Crippen LogP) is 4.47. The first-order valence-electron chi connectivity index (χ1n) is 8.49. The van der Waals surface area contributed by atoms with Crippen LogP contribution >= 0.6 is 0 Å². The van der Waals surface area contributed by atoms with Gasteiger partial charge in [-0.2, -0.15) is 0 Å². The molecule has 0 aliphatic rings. The summed E-state index contributed by atoms with van der Waals surface area (Å²) < 4.78 is 0. The Morgan fingerprint density at radius 1 is 0.773 bits per heavy atom. The number of carboxylic acid groups (broad SMARTS) is 1. The Morgan fingerprint density at radius 2 is 1.32 bits per heavy atom. The molecule has 0 radical (unpaired) electrons. The van der Waals surface area contributed by atoms with Gasteiger partial charge in [-0.3, -0.25) is 9.59 Å². The second-order valence-corrected chi connectivity index (χ2v) is 5.73. The maximum Gasteiger partial charge on any atom is 0.327 e. The Kier molecular flexibility index (Phi) is 13.5. The van der Waals surface area contributed by atoms with E-state index in [9.17, 15) is 14.4 Å². The molecule has 1 N–H and O–H groups in total. The second-order valence-electron chi connectivity index (χ2n) is 5.73. The van der Waals surface area contributed by atoms with Crippen LogP contribution in [0, 0.1) is 0 Å². The minimum absolute atomic E-state index is 0.189. The van der Waals surface area contributed by atoms with Crippen molar-refractivity contribution < 1.29 is 19.5 Å². The first kappa shape index (κ1) is 20.6. The van der Waals surface area contributed by atoms with Crippen LogP contribution in [0.4, 0.5) is 0 Å². The molecule has 0 fully saturated rings. The topological polar surface area (TPSA) is 71.4 Å². The van der Waals surface area contributed by atoms with E-state index < -0.39 is 5.97 Å². The number of allylic oxidation sites excluding steroid dienone is 1. The van der Waals surface area contributed by atoms with Crippen LogP contribution in [-0.2, 0) is 14.4 Å². The highest BCUT2D eigenvalue weighted by Crippen LogP contribution is 2.09. The summed E-state index contributed by atoms with van der Waals surface area (Å²) in [6, 6.07) is 0. The zero-order valence-electron chi connectivity index (χ0n) is 13.8. The van der Waals surface area contributed by atoms with E-state index in [-0.39, 0.29) is 11.6 Å². The predicted molar refractivity (Wildman–Crippen MR) is 87.9 cm³/mol. The molecule has 0 aliphatic carbocycles. The number of rotatable bonds is 15. The Balaban J connectivity index is 3.42. The van der Waals surface area contributed by atoms with E-state index >= 15 is 0 Å². The fourth-order valence-corrected chi connectivity index (χ4v) is 2.22. The number of hydrogen-bond donors (Lipinski definition) is 1. The first-order chi connectivity index (χ1) is 10.6. The first-order valence-corrected chi connectivity index (χ1v) is 8.49. The maximum absolute atomic E-state index is 11.7. The molecule has 4 nitrogen and oxygen atoms in total. The number of Topliss-reactive ketones (excluding diaryl/α,β-unsaturated/α-hetero) is 2. The summed E-state index contributed by atoms with van der Waals surface area (Å²) in [6.07, 6.45) is 12.5. The molecule has 0 atom stereocenters. The number of aliphatic carboxylic acids is 1. The third kappa shape index (κ3) is 14.9. The molecule has 0 aromatic carbocycles. The van der Waals surface area contributed by atoms with E-state index in [2.05, 4.69) is 6.92 Å². The average Bonchev–Trinajstić information content (AvgIpc) is 2.47. The largest absolute Gasteiger partial charge is 0.478 e. The summed E-state index contributed by atoms with van der Waals surface area (Å²) in [5.41, 5.74) is 0. The van der Waals surface area contributed by atoms with Gasteiger partial charge in [-0.15, -0.1) is 0 Å². The Morgan fingerprint density at radius 3 is 1.86 bits per heavy atom. The van der Waals surface area contributed by atoms with Gasteiger partial charge in [0.05, 0.1) is 0 Å². The number of hydrogen-bond acceptors (Lipinski definition) is 3. The van der Waals surface area contributed by atoms with Crippen molar-refractivity contribution >= 4 is 17.5 Å². The smallest absolute Gasteiger partial charge is 0.327 e. The third-order valence-electron chi connectivity index (χ3n) is 3.58. The van der Waals surface area contributed by atoms with Crippen molar-refractivity contribution in [1.29, 1.82) is 0 Å². The molecule has 0 spiro atoms. The number of unbranched alkanes of at least 4 members (excludes halogenated alkanes) is 6. The molecule has 0 saturated heterocycles. The van der Waals surface area contributed by atoms with Crippen LogP contribution in [0.15, 0.2) is 12.2 Å². The van der Waals surface area contributed by atoms with Crippen LogP contribution in [-0.4, -0.2) is 22.6 Å². The van der Waals surface area contributed by atoms with Gasteiger partial charge in [-0.25, -0.2) is 4.79 Å². The Labute approximate surface area is 134 Å². The zero-order valence-corrected chi connectivity index (χ0v) is 13.8.